The van der Waals surface area contributed by atoms with Gasteiger partial charge < -0.3 is 14.4 Å². The monoisotopic (exact) mass is 158 g/mol. The average Bonchev–Trinajstić information content (AvgIpc) is 2.50. The normalized spacial score (nSPS) is 13.4. The minimum absolute atomic E-state index is 0.208. The van der Waals surface area contributed by atoms with E-state index in [1.165, 1.54) is 0 Å². The fraction of sp³-hybridized carbons (Fsp3) is 0.667. The van der Waals surface area contributed by atoms with Crippen molar-refractivity contribution in [2.45, 2.75) is 19.6 Å². The molecule has 1 aromatic rings. The van der Waals surface area contributed by atoms with Gasteiger partial charge in [-0.2, -0.15) is 4.98 Å². The van der Waals surface area contributed by atoms with Crippen molar-refractivity contribution < 1.29 is 14.4 Å². The smallest absolute Gasteiger partial charge is 0.255 e. The van der Waals surface area contributed by atoms with Crippen LogP contribution in [0.1, 0.15) is 24.7 Å². The van der Waals surface area contributed by atoms with Gasteiger partial charge in [-0.25, -0.2) is 0 Å². The number of aliphatic hydroxyl groups excluding tert-OH is 1. The Labute approximate surface area is 64.0 Å². The maximum atomic E-state index is 8.58. The van der Waals surface area contributed by atoms with E-state index in [2.05, 4.69) is 10.1 Å². The summed E-state index contributed by atoms with van der Waals surface area (Å²) in [7, 11) is 1.55. The zero-order chi connectivity index (χ0) is 8.27. The lowest BCUT2D eigenvalue weighted by atomic mass is 10.4. The molecule has 1 N–H and O–H groups in total. The van der Waals surface area contributed by atoms with E-state index in [0.717, 1.165) is 0 Å². The predicted molar refractivity (Wildman–Crippen MR) is 35.6 cm³/mol. The molecule has 0 saturated heterocycles. The van der Waals surface area contributed by atoms with Crippen molar-refractivity contribution in [3.63, 3.8) is 0 Å². The van der Waals surface area contributed by atoms with E-state index in [1.54, 1.807) is 14.0 Å². The highest BCUT2D eigenvalue weighted by Gasteiger charge is 2.11. The van der Waals surface area contributed by atoms with Crippen LogP contribution in [-0.2, 0) is 11.3 Å². The average molecular weight is 158 g/mol. The highest BCUT2D eigenvalue weighted by atomic mass is 16.5. The molecule has 1 rings (SSSR count). The lowest BCUT2D eigenvalue weighted by Gasteiger charge is -2.00. The molecule has 0 saturated carbocycles. The molecule has 0 spiro atoms. The molecule has 1 heterocycles. The van der Waals surface area contributed by atoms with E-state index in [9.17, 15) is 0 Å². The quantitative estimate of drug-likeness (QED) is 0.683. The zero-order valence-corrected chi connectivity index (χ0v) is 6.44. The van der Waals surface area contributed by atoms with Gasteiger partial charge in [-0.05, 0) is 6.92 Å². The molecular formula is C6H10N2O3. The van der Waals surface area contributed by atoms with Crippen molar-refractivity contribution in [2.75, 3.05) is 7.11 Å². The second-order valence-electron chi connectivity index (χ2n) is 2.08. The standard InChI is InChI=1S/C6H10N2O3/c1-4(10-2)6-7-5(3-9)8-11-6/h4,9H,3H2,1-2H3. The van der Waals surface area contributed by atoms with Crippen LogP contribution in [0.2, 0.25) is 0 Å². The van der Waals surface area contributed by atoms with Gasteiger partial charge in [-0.15, -0.1) is 0 Å². The molecule has 0 radical (unpaired) electrons. The molecule has 5 nitrogen and oxygen atoms in total. The van der Waals surface area contributed by atoms with Crippen LogP contribution in [0.4, 0.5) is 0 Å². The Morgan fingerprint density at radius 1 is 1.73 bits per heavy atom. The molecule has 0 aromatic carbocycles. The third-order valence-corrected chi connectivity index (χ3v) is 1.33. The fourth-order valence-electron chi connectivity index (χ4n) is 0.598. The van der Waals surface area contributed by atoms with Crippen molar-refractivity contribution in [2.24, 2.45) is 0 Å². The van der Waals surface area contributed by atoms with Crippen molar-refractivity contribution in [3.05, 3.63) is 11.7 Å². The largest absolute Gasteiger partial charge is 0.388 e. The van der Waals surface area contributed by atoms with Gasteiger partial charge in [0.05, 0.1) is 0 Å². The summed E-state index contributed by atoms with van der Waals surface area (Å²) in [6, 6.07) is 0. The number of ether oxygens (including phenoxy) is 1. The minimum Gasteiger partial charge on any atom is -0.388 e. The lowest BCUT2D eigenvalue weighted by Crippen LogP contribution is -1.96. The van der Waals surface area contributed by atoms with E-state index in [-0.39, 0.29) is 18.5 Å². The molecular weight excluding hydrogens is 148 g/mol. The molecule has 5 heteroatoms. The fourth-order valence-corrected chi connectivity index (χ4v) is 0.598. The summed E-state index contributed by atoms with van der Waals surface area (Å²) < 4.78 is 9.68. The molecule has 0 fully saturated rings. The Bertz CT molecular complexity index is 223. The summed E-state index contributed by atoms with van der Waals surface area (Å²) in [5.74, 6) is 0.667. The van der Waals surface area contributed by atoms with Gasteiger partial charge in [-0.1, -0.05) is 5.16 Å². The highest BCUT2D eigenvalue weighted by Crippen LogP contribution is 2.12. The highest BCUT2D eigenvalue weighted by molar-refractivity contribution is 4.86. The van der Waals surface area contributed by atoms with Crippen LogP contribution in [0.15, 0.2) is 4.52 Å². The van der Waals surface area contributed by atoms with Crippen LogP contribution >= 0.6 is 0 Å². The van der Waals surface area contributed by atoms with Gasteiger partial charge >= 0.3 is 0 Å². The molecule has 1 atom stereocenters. The summed E-state index contributed by atoms with van der Waals surface area (Å²) in [4.78, 5) is 3.85. The zero-order valence-electron chi connectivity index (χ0n) is 6.44. The molecule has 0 aliphatic carbocycles. The first-order valence-corrected chi connectivity index (χ1v) is 3.24. The maximum Gasteiger partial charge on any atom is 0.255 e. The first-order valence-electron chi connectivity index (χ1n) is 3.24. The third-order valence-electron chi connectivity index (χ3n) is 1.33. The first kappa shape index (κ1) is 8.16. The van der Waals surface area contributed by atoms with Gasteiger partial charge in [0.2, 0.25) is 0 Å². The number of rotatable bonds is 3. The Hall–Kier alpha value is -0.940. The van der Waals surface area contributed by atoms with Crippen LogP contribution in [0, 0.1) is 0 Å². The van der Waals surface area contributed by atoms with Gasteiger partial charge in [0.15, 0.2) is 5.82 Å². The number of aliphatic hydroxyl groups is 1. The maximum absolute atomic E-state index is 8.58. The molecule has 1 unspecified atom stereocenters. The van der Waals surface area contributed by atoms with E-state index in [1.807, 2.05) is 0 Å². The van der Waals surface area contributed by atoms with Crippen molar-refractivity contribution in [1.82, 2.24) is 10.1 Å². The van der Waals surface area contributed by atoms with Crippen LogP contribution < -0.4 is 0 Å². The van der Waals surface area contributed by atoms with E-state index in [0.29, 0.717) is 5.89 Å². The van der Waals surface area contributed by atoms with Crippen molar-refractivity contribution in [1.29, 1.82) is 0 Å². The first-order chi connectivity index (χ1) is 5.27. The van der Waals surface area contributed by atoms with Gasteiger partial charge in [0, 0.05) is 7.11 Å². The third kappa shape index (κ3) is 1.75. The molecule has 0 aliphatic rings. The molecule has 62 valence electrons. The van der Waals surface area contributed by atoms with Crippen molar-refractivity contribution in [3.8, 4) is 0 Å². The van der Waals surface area contributed by atoms with E-state index < -0.39 is 0 Å². The number of hydrogen-bond acceptors (Lipinski definition) is 5. The van der Waals surface area contributed by atoms with Gasteiger partial charge in [0.25, 0.3) is 5.89 Å². The van der Waals surface area contributed by atoms with E-state index in [4.69, 9.17) is 14.4 Å². The topological polar surface area (TPSA) is 68.4 Å². The van der Waals surface area contributed by atoms with Gasteiger partial charge in [-0.3, -0.25) is 0 Å². The summed E-state index contributed by atoms with van der Waals surface area (Å²) >= 11 is 0. The lowest BCUT2D eigenvalue weighted by molar-refractivity contribution is 0.0886. The number of hydrogen-bond donors (Lipinski definition) is 1. The van der Waals surface area contributed by atoms with Crippen LogP contribution in [0.25, 0.3) is 0 Å². The summed E-state index contributed by atoms with van der Waals surface area (Å²) in [5.41, 5.74) is 0. The molecule has 11 heavy (non-hydrogen) atoms. The summed E-state index contributed by atoms with van der Waals surface area (Å²) in [6.07, 6.45) is -0.220. The number of aromatic nitrogens is 2. The number of nitrogens with zero attached hydrogens (tertiary/aromatic N) is 2. The van der Waals surface area contributed by atoms with Gasteiger partial charge in [0.1, 0.15) is 12.7 Å². The number of methoxy groups -OCH3 is 1. The minimum atomic E-state index is -0.220. The summed E-state index contributed by atoms with van der Waals surface area (Å²) in [5, 5.41) is 12.1. The Kier molecular flexibility index (Phi) is 2.56. The summed E-state index contributed by atoms with van der Waals surface area (Å²) in [6.45, 7) is 1.58. The Morgan fingerprint density at radius 3 is 2.91 bits per heavy atom. The SMILES string of the molecule is COC(C)c1nc(CO)no1. The van der Waals surface area contributed by atoms with Crippen LogP contribution in [0.3, 0.4) is 0 Å². The van der Waals surface area contributed by atoms with Crippen LogP contribution in [-0.4, -0.2) is 22.4 Å². The second kappa shape index (κ2) is 3.45. The second-order valence-corrected chi connectivity index (χ2v) is 2.08. The van der Waals surface area contributed by atoms with Crippen LogP contribution in [0.5, 0.6) is 0 Å². The molecule has 0 bridgehead atoms. The Balaban J connectivity index is 2.71. The molecule has 0 aliphatic heterocycles. The van der Waals surface area contributed by atoms with Crippen molar-refractivity contribution >= 4 is 0 Å². The Morgan fingerprint density at radius 2 is 2.45 bits per heavy atom. The van der Waals surface area contributed by atoms with E-state index >= 15 is 0 Å². The molecule has 1 aromatic heterocycles. The molecule has 0 amide bonds. The predicted octanol–water partition coefficient (Wildman–Crippen LogP) is 0.269.